The number of anilines is 1. The highest BCUT2D eigenvalue weighted by molar-refractivity contribution is 9.10. The minimum absolute atomic E-state index is 0.282. The molecular weight excluding hydrogens is 324 g/mol. The van der Waals surface area contributed by atoms with Gasteiger partial charge in [-0.2, -0.15) is 0 Å². The van der Waals surface area contributed by atoms with Crippen LogP contribution >= 0.6 is 15.9 Å². The lowest BCUT2D eigenvalue weighted by atomic mass is 10.2. The van der Waals surface area contributed by atoms with Gasteiger partial charge < -0.3 is 10.1 Å². The highest BCUT2D eigenvalue weighted by atomic mass is 79.9. The number of carbonyl (C=O) groups excluding carboxylic acids is 2. The van der Waals surface area contributed by atoms with Gasteiger partial charge in [-0.05, 0) is 52.3 Å². The summed E-state index contributed by atoms with van der Waals surface area (Å²) in [7, 11) is 1.32. The van der Waals surface area contributed by atoms with Crippen LogP contribution in [0, 0.1) is 0 Å². The SMILES string of the molecule is COC(=O)c1ccc(NC(=O)c2cccnc2Br)cc1. The van der Waals surface area contributed by atoms with Gasteiger partial charge in [-0.1, -0.05) is 0 Å². The molecule has 0 aliphatic carbocycles. The molecule has 1 heterocycles. The molecule has 0 spiro atoms. The van der Waals surface area contributed by atoms with E-state index >= 15 is 0 Å². The van der Waals surface area contributed by atoms with Crippen LogP contribution in [0.15, 0.2) is 47.2 Å². The average Bonchev–Trinajstić information content (AvgIpc) is 2.47. The van der Waals surface area contributed by atoms with E-state index in [1.165, 1.54) is 7.11 Å². The van der Waals surface area contributed by atoms with E-state index in [0.717, 1.165) is 0 Å². The maximum atomic E-state index is 12.0. The lowest BCUT2D eigenvalue weighted by molar-refractivity contribution is 0.0600. The smallest absolute Gasteiger partial charge is 0.337 e. The van der Waals surface area contributed by atoms with Crippen molar-refractivity contribution in [3.05, 3.63) is 58.3 Å². The molecule has 6 heteroatoms. The van der Waals surface area contributed by atoms with E-state index in [9.17, 15) is 9.59 Å². The average molecular weight is 335 g/mol. The molecule has 0 radical (unpaired) electrons. The molecule has 5 nitrogen and oxygen atoms in total. The number of esters is 1. The van der Waals surface area contributed by atoms with Gasteiger partial charge in [-0.25, -0.2) is 9.78 Å². The molecule has 102 valence electrons. The van der Waals surface area contributed by atoms with Crippen LogP contribution in [0.3, 0.4) is 0 Å². The summed E-state index contributed by atoms with van der Waals surface area (Å²) in [6.45, 7) is 0. The molecule has 0 fully saturated rings. The van der Waals surface area contributed by atoms with Crippen LogP contribution in [0.25, 0.3) is 0 Å². The van der Waals surface area contributed by atoms with E-state index in [0.29, 0.717) is 21.4 Å². The van der Waals surface area contributed by atoms with Gasteiger partial charge in [-0.15, -0.1) is 0 Å². The van der Waals surface area contributed by atoms with Gasteiger partial charge in [0.05, 0.1) is 18.2 Å². The molecule has 0 unspecified atom stereocenters. The number of carbonyl (C=O) groups is 2. The molecule has 1 aromatic heterocycles. The number of benzene rings is 1. The number of rotatable bonds is 3. The highest BCUT2D eigenvalue weighted by Crippen LogP contribution is 2.16. The predicted octanol–water partition coefficient (Wildman–Crippen LogP) is 2.88. The van der Waals surface area contributed by atoms with E-state index < -0.39 is 5.97 Å². The second-order valence-electron chi connectivity index (χ2n) is 3.86. The Morgan fingerprint density at radius 3 is 2.50 bits per heavy atom. The Kier molecular flexibility index (Phi) is 4.47. The minimum Gasteiger partial charge on any atom is -0.465 e. The van der Waals surface area contributed by atoms with Gasteiger partial charge in [0, 0.05) is 11.9 Å². The zero-order valence-electron chi connectivity index (χ0n) is 10.6. The third-order valence-electron chi connectivity index (χ3n) is 2.57. The number of hydrogen-bond donors (Lipinski definition) is 1. The summed E-state index contributed by atoms with van der Waals surface area (Å²) in [5.74, 6) is -0.700. The fraction of sp³-hybridized carbons (Fsp3) is 0.0714. The van der Waals surface area contributed by atoms with Crippen LogP contribution in [0.5, 0.6) is 0 Å². The molecule has 1 aromatic carbocycles. The summed E-state index contributed by atoms with van der Waals surface area (Å²) in [6.07, 6.45) is 1.59. The van der Waals surface area contributed by atoms with Crippen molar-refractivity contribution in [1.29, 1.82) is 0 Å². The molecule has 0 aliphatic heterocycles. The quantitative estimate of drug-likeness (QED) is 0.692. The fourth-order valence-corrected chi connectivity index (χ4v) is 1.99. The molecule has 2 rings (SSSR count). The van der Waals surface area contributed by atoms with E-state index in [1.807, 2.05) is 0 Å². The van der Waals surface area contributed by atoms with Crippen molar-refractivity contribution in [3.8, 4) is 0 Å². The van der Waals surface area contributed by atoms with Crippen molar-refractivity contribution < 1.29 is 14.3 Å². The third-order valence-corrected chi connectivity index (χ3v) is 3.20. The van der Waals surface area contributed by atoms with Crippen molar-refractivity contribution in [2.75, 3.05) is 12.4 Å². The topological polar surface area (TPSA) is 68.3 Å². The normalized spacial score (nSPS) is 9.90. The first kappa shape index (κ1) is 14.2. The van der Waals surface area contributed by atoms with E-state index in [2.05, 4.69) is 31.0 Å². The number of amides is 1. The van der Waals surface area contributed by atoms with Crippen molar-refractivity contribution >= 4 is 33.5 Å². The van der Waals surface area contributed by atoms with E-state index in [-0.39, 0.29) is 5.91 Å². The standard InChI is InChI=1S/C14H11BrN2O3/c1-20-14(19)9-4-6-10(7-5-9)17-13(18)11-3-2-8-16-12(11)15/h2-8H,1H3,(H,17,18). The van der Waals surface area contributed by atoms with Crippen LogP contribution in [-0.4, -0.2) is 24.0 Å². The molecule has 0 aliphatic rings. The Bertz CT molecular complexity index is 641. The molecule has 20 heavy (non-hydrogen) atoms. The Balaban J connectivity index is 2.13. The van der Waals surface area contributed by atoms with Gasteiger partial charge in [-0.3, -0.25) is 4.79 Å². The number of pyridine rings is 1. The Morgan fingerprint density at radius 2 is 1.90 bits per heavy atom. The number of aromatic nitrogens is 1. The van der Waals surface area contributed by atoms with E-state index in [4.69, 9.17) is 0 Å². The van der Waals surface area contributed by atoms with Gasteiger partial charge in [0.2, 0.25) is 0 Å². The maximum absolute atomic E-state index is 12.0. The number of nitrogens with zero attached hydrogens (tertiary/aromatic N) is 1. The zero-order chi connectivity index (χ0) is 14.5. The second-order valence-corrected chi connectivity index (χ2v) is 4.62. The molecule has 0 bridgehead atoms. The Morgan fingerprint density at radius 1 is 1.20 bits per heavy atom. The molecule has 2 aromatic rings. The number of nitrogens with one attached hydrogen (secondary N) is 1. The first-order valence-electron chi connectivity index (χ1n) is 5.72. The van der Waals surface area contributed by atoms with Crippen LogP contribution in [0.2, 0.25) is 0 Å². The number of ether oxygens (including phenoxy) is 1. The fourth-order valence-electron chi connectivity index (χ4n) is 1.56. The van der Waals surface area contributed by atoms with Gasteiger partial charge in [0.1, 0.15) is 4.60 Å². The minimum atomic E-state index is -0.419. The lowest BCUT2D eigenvalue weighted by Crippen LogP contribution is -2.13. The van der Waals surface area contributed by atoms with Crippen molar-refractivity contribution in [2.24, 2.45) is 0 Å². The molecule has 0 saturated heterocycles. The van der Waals surface area contributed by atoms with Gasteiger partial charge in [0.25, 0.3) is 5.91 Å². The summed E-state index contributed by atoms with van der Waals surface area (Å²) in [6, 6.07) is 9.78. The van der Waals surface area contributed by atoms with Gasteiger partial charge in [0.15, 0.2) is 0 Å². The summed E-state index contributed by atoms with van der Waals surface area (Å²) < 4.78 is 5.08. The zero-order valence-corrected chi connectivity index (χ0v) is 12.2. The second kappa shape index (κ2) is 6.29. The van der Waals surface area contributed by atoms with Crippen molar-refractivity contribution in [2.45, 2.75) is 0 Å². The Labute approximate surface area is 124 Å². The first-order chi connectivity index (χ1) is 9.61. The molecular formula is C14H11BrN2O3. The number of halogens is 1. The van der Waals surface area contributed by atoms with E-state index in [1.54, 1.807) is 42.6 Å². The highest BCUT2D eigenvalue weighted by Gasteiger charge is 2.11. The molecule has 0 atom stereocenters. The molecule has 1 N–H and O–H groups in total. The summed E-state index contributed by atoms with van der Waals surface area (Å²) >= 11 is 3.22. The largest absolute Gasteiger partial charge is 0.465 e. The monoisotopic (exact) mass is 334 g/mol. The summed E-state index contributed by atoms with van der Waals surface area (Å²) in [5, 5.41) is 2.72. The lowest BCUT2D eigenvalue weighted by Gasteiger charge is -2.07. The Hall–Kier alpha value is -2.21. The first-order valence-corrected chi connectivity index (χ1v) is 6.51. The molecule has 0 saturated carbocycles. The number of hydrogen-bond acceptors (Lipinski definition) is 4. The number of methoxy groups -OCH3 is 1. The van der Waals surface area contributed by atoms with Crippen LogP contribution in [0.4, 0.5) is 5.69 Å². The van der Waals surface area contributed by atoms with Crippen molar-refractivity contribution in [1.82, 2.24) is 4.98 Å². The predicted molar refractivity (Wildman–Crippen MR) is 77.7 cm³/mol. The summed E-state index contributed by atoms with van der Waals surface area (Å²) in [5.41, 5.74) is 1.44. The third kappa shape index (κ3) is 3.21. The van der Waals surface area contributed by atoms with Crippen LogP contribution in [-0.2, 0) is 4.74 Å². The van der Waals surface area contributed by atoms with Crippen LogP contribution in [0.1, 0.15) is 20.7 Å². The van der Waals surface area contributed by atoms with Crippen LogP contribution < -0.4 is 5.32 Å². The van der Waals surface area contributed by atoms with Gasteiger partial charge >= 0.3 is 5.97 Å². The maximum Gasteiger partial charge on any atom is 0.337 e. The summed E-state index contributed by atoms with van der Waals surface area (Å²) in [4.78, 5) is 27.3. The molecule has 1 amide bonds. The van der Waals surface area contributed by atoms with Crippen molar-refractivity contribution in [3.63, 3.8) is 0 Å².